The minimum atomic E-state index is -4.83. The quantitative estimate of drug-likeness (QED) is 0.485. The molecule has 0 saturated heterocycles. The number of aromatic nitrogens is 1. The van der Waals surface area contributed by atoms with Crippen molar-refractivity contribution in [3.63, 3.8) is 0 Å². The molecule has 1 heterocycles. The van der Waals surface area contributed by atoms with Gasteiger partial charge in [-0.1, -0.05) is 18.2 Å². The molecule has 0 spiro atoms. The van der Waals surface area contributed by atoms with E-state index in [1.54, 1.807) is 0 Å². The van der Waals surface area contributed by atoms with Crippen LogP contribution in [0.2, 0.25) is 0 Å². The standard InChI is InChI=1S/C19H12F4N2O3.Li.H/c20-15-9-12(11-2-1-3-13(8-11)28-19(21,22)23)4-5-16(15)25-17-10-24-7-6-14(17)18(26)27;;/h1-10,25H,(H,26,27);;. The molecule has 3 rings (SSSR count). The number of nitrogens with one attached hydrogen (secondary N) is 1. The maximum atomic E-state index is 14.5. The molecule has 0 aliphatic rings. The van der Waals surface area contributed by atoms with Crippen LogP contribution in [0.3, 0.4) is 0 Å². The van der Waals surface area contributed by atoms with E-state index in [1.165, 1.54) is 42.7 Å². The molecule has 5 nitrogen and oxygen atoms in total. The zero-order valence-electron chi connectivity index (χ0n) is 14.0. The molecule has 0 atom stereocenters. The summed E-state index contributed by atoms with van der Waals surface area (Å²) in [5, 5.41) is 11.8. The van der Waals surface area contributed by atoms with E-state index in [4.69, 9.17) is 5.11 Å². The third-order valence-corrected chi connectivity index (χ3v) is 3.69. The van der Waals surface area contributed by atoms with Crippen LogP contribution in [0, 0.1) is 5.82 Å². The monoisotopic (exact) mass is 400 g/mol. The third kappa shape index (κ3) is 5.73. The number of pyridine rings is 1. The molecule has 29 heavy (non-hydrogen) atoms. The van der Waals surface area contributed by atoms with Crippen molar-refractivity contribution < 1.29 is 32.2 Å². The van der Waals surface area contributed by atoms with Gasteiger partial charge in [0.15, 0.2) is 0 Å². The van der Waals surface area contributed by atoms with Crippen LogP contribution >= 0.6 is 0 Å². The number of aromatic carboxylic acids is 1. The number of halogens is 4. The summed E-state index contributed by atoms with van der Waals surface area (Å²) in [6, 6.07) is 10.4. The van der Waals surface area contributed by atoms with Crippen molar-refractivity contribution in [2.75, 3.05) is 5.32 Å². The van der Waals surface area contributed by atoms with E-state index in [0.29, 0.717) is 11.1 Å². The van der Waals surface area contributed by atoms with E-state index in [2.05, 4.69) is 15.0 Å². The number of alkyl halides is 3. The van der Waals surface area contributed by atoms with Crippen LogP contribution in [0.5, 0.6) is 5.75 Å². The predicted octanol–water partition coefficient (Wildman–Crippen LogP) is 4.58. The molecule has 1 aromatic heterocycles. The van der Waals surface area contributed by atoms with Crippen molar-refractivity contribution >= 4 is 36.2 Å². The number of anilines is 2. The summed E-state index contributed by atoms with van der Waals surface area (Å²) in [6.45, 7) is 0. The van der Waals surface area contributed by atoms with Crippen molar-refractivity contribution in [2.45, 2.75) is 6.36 Å². The molecule has 0 unspecified atom stereocenters. The number of benzene rings is 2. The summed E-state index contributed by atoms with van der Waals surface area (Å²) in [5.41, 5.74) is 0.639. The van der Waals surface area contributed by atoms with Gasteiger partial charge in [-0.3, -0.25) is 4.98 Å². The zero-order chi connectivity index (χ0) is 20.3. The van der Waals surface area contributed by atoms with E-state index in [9.17, 15) is 22.4 Å². The molecule has 2 aromatic carbocycles. The topological polar surface area (TPSA) is 71.5 Å². The van der Waals surface area contributed by atoms with E-state index < -0.39 is 23.9 Å². The Morgan fingerprint density at radius 1 is 1.03 bits per heavy atom. The van der Waals surface area contributed by atoms with Crippen LogP contribution in [0.15, 0.2) is 60.9 Å². The van der Waals surface area contributed by atoms with Crippen molar-refractivity contribution in [2.24, 2.45) is 0 Å². The Hall–Kier alpha value is -3.02. The van der Waals surface area contributed by atoms with Gasteiger partial charge in [-0.25, -0.2) is 9.18 Å². The van der Waals surface area contributed by atoms with Gasteiger partial charge in [0.1, 0.15) is 11.6 Å². The van der Waals surface area contributed by atoms with Gasteiger partial charge in [-0.15, -0.1) is 13.2 Å². The van der Waals surface area contributed by atoms with E-state index in [-0.39, 0.29) is 35.8 Å². The van der Waals surface area contributed by atoms with Crippen LogP contribution in [-0.2, 0) is 0 Å². The van der Waals surface area contributed by atoms with E-state index >= 15 is 0 Å². The minimum absolute atomic E-state index is 0. The zero-order valence-corrected chi connectivity index (χ0v) is 14.0. The summed E-state index contributed by atoms with van der Waals surface area (Å²) in [7, 11) is 0. The van der Waals surface area contributed by atoms with Crippen molar-refractivity contribution in [3.8, 4) is 16.9 Å². The van der Waals surface area contributed by atoms with Gasteiger partial charge < -0.3 is 15.2 Å². The average Bonchev–Trinajstić information content (AvgIpc) is 2.62. The van der Waals surface area contributed by atoms with Crippen LogP contribution < -0.4 is 10.1 Å². The molecule has 0 aliphatic carbocycles. The number of carbonyl (C=O) groups is 1. The number of carboxylic acid groups (broad SMARTS) is 1. The molecular weight excluding hydrogens is 387 g/mol. The maximum absolute atomic E-state index is 14.5. The fourth-order valence-electron chi connectivity index (χ4n) is 2.49. The van der Waals surface area contributed by atoms with Gasteiger partial charge in [0.05, 0.1) is 23.1 Å². The molecule has 10 heteroatoms. The molecular formula is C19H13F4LiN2O3. The first-order valence-electron chi connectivity index (χ1n) is 7.83. The summed E-state index contributed by atoms with van der Waals surface area (Å²) in [5.74, 6) is -2.35. The summed E-state index contributed by atoms with van der Waals surface area (Å²) in [6.07, 6.45) is -2.29. The Balaban J connectivity index is 0.00000300. The molecule has 0 bridgehead atoms. The number of rotatable bonds is 5. The van der Waals surface area contributed by atoms with E-state index in [0.717, 1.165) is 18.2 Å². The van der Waals surface area contributed by atoms with Crippen LogP contribution in [0.4, 0.5) is 28.9 Å². The Bertz CT molecular complexity index is 1030. The van der Waals surface area contributed by atoms with Crippen LogP contribution in [0.25, 0.3) is 11.1 Å². The number of hydrogen-bond donors (Lipinski definition) is 2. The molecule has 0 amide bonds. The first kappa shape index (κ1) is 22.3. The van der Waals surface area contributed by atoms with Crippen LogP contribution in [0.1, 0.15) is 10.4 Å². The van der Waals surface area contributed by atoms with Crippen molar-refractivity contribution in [3.05, 3.63) is 72.3 Å². The van der Waals surface area contributed by atoms with Gasteiger partial charge >= 0.3 is 31.2 Å². The second-order valence-electron chi connectivity index (χ2n) is 5.62. The molecule has 0 saturated carbocycles. The molecule has 3 aromatic rings. The normalized spacial score (nSPS) is 10.8. The van der Waals surface area contributed by atoms with Gasteiger partial charge in [0, 0.05) is 6.20 Å². The summed E-state index contributed by atoms with van der Waals surface area (Å²) < 4.78 is 55.4. The second kappa shape index (κ2) is 8.99. The Morgan fingerprint density at radius 2 is 1.76 bits per heavy atom. The Labute approximate surface area is 174 Å². The molecule has 2 N–H and O–H groups in total. The Kier molecular flexibility index (Phi) is 6.90. The van der Waals surface area contributed by atoms with Gasteiger partial charge in [0.25, 0.3) is 0 Å². The van der Waals surface area contributed by atoms with Crippen molar-refractivity contribution in [1.82, 2.24) is 4.98 Å². The number of hydrogen-bond acceptors (Lipinski definition) is 4. The van der Waals surface area contributed by atoms with Crippen LogP contribution in [-0.4, -0.2) is 41.3 Å². The van der Waals surface area contributed by atoms with Crippen molar-refractivity contribution in [1.29, 1.82) is 0 Å². The van der Waals surface area contributed by atoms with E-state index in [1.807, 2.05) is 0 Å². The predicted molar refractivity (Wildman–Crippen MR) is 100 cm³/mol. The fraction of sp³-hybridized carbons (Fsp3) is 0.0526. The molecule has 0 aliphatic heterocycles. The molecule has 146 valence electrons. The Morgan fingerprint density at radius 3 is 2.41 bits per heavy atom. The fourth-order valence-corrected chi connectivity index (χ4v) is 2.49. The summed E-state index contributed by atoms with van der Waals surface area (Å²) >= 11 is 0. The molecule has 0 fully saturated rings. The van der Waals surface area contributed by atoms with Gasteiger partial charge in [0.2, 0.25) is 0 Å². The second-order valence-corrected chi connectivity index (χ2v) is 5.62. The molecule has 0 radical (unpaired) electrons. The van der Waals surface area contributed by atoms with Gasteiger partial charge in [-0.2, -0.15) is 0 Å². The number of carboxylic acids is 1. The average molecular weight is 400 g/mol. The number of ether oxygens (including phenoxy) is 1. The first-order valence-corrected chi connectivity index (χ1v) is 7.83. The third-order valence-electron chi connectivity index (χ3n) is 3.69. The summed E-state index contributed by atoms with van der Waals surface area (Å²) in [4.78, 5) is 15.0. The number of nitrogens with zero attached hydrogens (tertiary/aromatic N) is 1. The first-order chi connectivity index (χ1) is 13.2. The SMILES string of the molecule is O=C(O)c1ccncc1Nc1ccc(-c2cccc(OC(F)(F)F)c2)cc1F.[LiH]. The van der Waals surface area contributed by atoms with Gasteiger partial charge in [-0.05, 0) is 41.5 Å².